The fraction of sp³-hybridized carbons (Fsp3) is 0.692. The van der Waals surface area contributed by atoms with E-state index in [1.165, 1.54) is 0 Å². The molecule has 0 fully saturated rings. The van der Waals surface area contributed by atoms with E-state index >= 15 is 0 Å². The Balaban J connectivity index is 3.59. The summed E-state index contributed by atoms with van der Waals surface area (Å²) < 4.78 is 5.23. The highest BCUT2D eigenvalue weighted by molar-refractivity contribution is 4.98. The molecule has 3 nitrogen and oxygen atoms in total. The Bertz CT molecular complexity index is 211. The highest BCUT2D eigenvalue weighted by atomic mass is 16.5. The summed E-state index contributed by atoms with van der Waals surface area (Å²) in [6.07, 6.45) is 5.45. The predicted octanol–water partition coefficient (Wildman–Crippen LogP) is 1.90. The van der Waals surface area contributed by atoms with E-state index in [2.05, 4.69) is 19.6 Å². The molecule has 0 heterocycles. The van der Waals surface area contributed by atoms with Crippen molar-refractivity contribution in [3.8, 4) is 0 Å². The van der Waals surface area contributed by atoms with Gasteiger partial charge >= 0.3 is 0 Å². The Hall–Kier alpha value is -0.640. The fourth-order valence-corrected chi connectivity index (χ4v) is 1.18. The minimum absolute atomic E-state index is 0.185. The van der Waals surface area contributed by atoms with Crippen molar-refractivity contribution in [2.24, 2.45) is 5.92 Å². The summed E-state index contributed by atoms with van der Waals surface area (Å²) in [6.45, 7) is 8.34. The van der Waals surface area contributed by atoms with E-state index in [-0.39, 0.29) is 13.2 Å². The van der Waals surface area contributed by atoms with Gasteiger partial charge in [-0.15, -0.1) is 6.58 Å². The van der Waals surface area contributed by atoms with Crippen LogP contribution in [0.2, 0.25) is 0 Å². The molecule has 16 heavy (non-hydrogen) atoms. The van der Waals surface area contributed by atoms with Crippen molar-refractivity contribution >= 4 is 0 Å². The lowest BCUT2D eigenvalue weighted by molar-refractivity contribution is 0.0131. The first-order valence-electron chi connectivity index (χ1n) is 5.75. The van der Waals surface area contributed by atoms with E-state index in [4.69, 9.17) is 14.9 Å². The zero-order valence-corrected chi connectivity index (χ0v) is 10.4. The molecule has 0 saturated heterocycles. The van der Waals surface area contributed by atoms with Gasteiger partial charge in [0, 0.05) is 0 Å². The van der Waals surface area contributed by atoms with Crippen LogP contribution in [0.5, 0.6) is 0 Å². The summed E-state index contributed by atoms with van der Waals surface area (Å²) in [5, 5.41) is 17.6. The third kappa shape index (κ3) is 8.65. The molecule has 0 aromatic carbocycles. The molecule has 2 atom stereocenters. The minimum Gasteiger partial charge on any atom is -0.394 e. The van der Waals surface area contributed by atoms with E-state index in [0.717, 1.165) is 18.4 Å². The van der Waals surface area contributed by atoms with Gasteiger partial charge in [0.15, 0.2) is 0 Å². The molecule has 3 heteroatoms. The first-order chi connectivity index (χ1) is 7.60. The molecule has 0 saturated carbocycles. The number of hydrogen-bond donors (Lipinski definition) is 2. The quantitative estimate of drug-likeness (QED) is 0.593. The van der Waals surface area contributed by atoms with Gasteiger partial charge in [0.1, 0.15) is 6.10 Å². The Morgan fingerprint density at radius 1 is 1.50 bits per heavy atom. The van der Waals surface area contributed by atoms with E-state index in [9.17, 15) is 0 Å². The number of aliphatic hydroxyl groups is 2. The van der Waals surface area contributed by atoms with Crippen molar-refractivity contribution in [3.63, 3.8) is 0 Å². The topological polar surface area (TPSA) is 49.7 Å². The van der Waals surface area contributed by atoms with Crippen LogP contribution < -0.4 is 0 Å². The standard InChI is InChI=1S/C13H24O3/c1-4-11(2)6-5-7-12(3)9-16-10-13(15)8-14/h4,7,11,13-15H,1,5-6,8-10H2,2-3H3/b12-7+. The number of ether oxygens (including phenoxy) is 1. The molecular formula is C13H24O3. The second-order valence-electron chi connectivity index (χ2n) is 4.19. The summed E-state index contributed by atoms with van der Waals surface area (Å²) in [5.41, 5.74) is 1.15. The fourth-order valence-electron chi connectivity index (χ4n) is 1.18. The van der Waals surface area contributed by atoms with Crippen molar-refractivity contribution in [1.82, 2.24) is 0 Å². The van der Waals surface area contributed by atoms with Gasteiger partial charge < -0.3 is 14.9 Å². The molecule has 0 spiro atoms. The smallest absolute Gasteiger partial charge is 0.100 e. The highest BCUT2D eigenvalue weighted by Gasteiger charge is 2.01. The zero-order chi connectivity index (χ0) is 12.4. The van der Waals surface area contributed by atoms with Crippen molar-refractivity contribution in [3.05, 3.63) is 24.3 Å². The van der Waals surface area contributed by atoms with Crippen molar-refractivity contribution in [2.45, 2.75) is 32.8 Å². The van der Waals surface area contributed by atoms with E-state index in [1.807, 2.05) is 13.0 Å². The molecule has 0 aliphatic carbocycles. The predicted molar refractivity (Wildman–Crippen MR) is 66.3 cm³/mol. The van der Waals surface area contributed by atoms with Crippen molar-refractivity contribution < 1.29 is 14.9 Å². The summed E-state index contributed by atoms with van der Waals surface area (Å²) in [7, 11) is 0. The summed E-state index contributed by atoms with van der Waals surface area (Å²) >= 11 is 0. The molecule has 0 bridgehead atoms. The van der Waals surface area contributed by atoms with Crippen LogP contribution in [0.15, 0.2) is 24.3 Å². The average Bonchev–Trinajstić information content (AvgIpc) is 2.28. The number of rotatable bonds is 9. The molecule has 0 aromatic heterocycles. The maximum atomic E-state index is 9.05. The number of allylic oxidation sites excluding steroid dienone is 2. The summed E-state index contributed by atoms with van der Waals surface area (Å²) in [6, 6.07) is 0. The van der Waals surface area contributed by atoms with E-state index < -0.39 is 6.10 Å². The van der Waals surface area contributed by atoms with Crippen LogP contribution in [-0.2, 0) is 4.74 Å². The molecule has 0 aliphatic rings. The third-order valence-electron chi connectivity index (χ3n) is 2.37. The molecule has 0 aliphatic heterocycles. The molecule has 2 N–H and O–H groups in total. The van der Waals surface area contributed by atoms with E-state index in [0.29, 0.717) is 12.5 Å². The monoisotopic (exact) mass is 228 g/mol. The Morgan fingerprint density at radius 3 is 2.75 bits per heavy atom. The van der Waals surface area contributed by atoms with Gasteiger partial charge in [0.25, 0.3) is 0 Å². The third-order valence-corrected chi connectivity index (χ3v) is 2.37. The SMILES string of the molecule is C=CC(C)CC/C=C(\C)COCC(O)CO. The Kier molecular flexibility index (Phi) is 9.19. The second kappa shape index (κ2) is 9.58. The zero-order valence-electron chi connectivity index (χ0n) is 10.4. The van der Waals surface area contributed by atoms with Gasteiger partial charge in [-0.1, -0.05) is 24.6 Å². The summed E-state index contributed by atoms with van der Waals surface area (Å²) in [4.78, 5) is 0. The molecule has 0 rings (SSSR count). The van der Waals surface area contributed by atoms with Crippen LogP contribution in [0, 0.1) is 5.92 Å². The van der Waals surface area contributed by atoms with Crippen LogP contribution in [-0.4, -0.2) is 36.1 Å². The minimum atomic E-state index is -0.770. The highest BCUT2D eigenvalue weighted by Crippen LogP contribution is 2.08. The maximum absolute atomic E-state index is 9.05. The largest absolute Gasteiger partial charge is 0.394 e. The Morgan fingerprint density at radius 2 is 2.19 bits per heavy atom. The van der Waals surface area contributed by atoms with Gasteiger partial charge in [-0.3, -0.25) is 0 Å². The average molecular weight is 228 g/mol. The van der Waals surface area contributed by atoms with Crippen molar-refractivity contribution in [2.75, 3.05) is 19.8 Å². The van der Waals surface area contributed by atoms with Crippen LogP contribution in [0.3, 0.4) is 0 Å². The first kappa shape index (κ1) is 15.4. The van der Waals surface area contributed by atoms with E-state index in [1.54, 1.807) is 0 Å². The first-order valence-corrected chi connectivity index (χ1v) is 5.75. The normalized spacial score (nSPS) is 15.9. The Labute approximate surface area is 98.4 Å². The molecule has 2 unspecified atom stereocenters. The van der Waals surface area contributed by atoms with Crippen molar-refractivity contribution in [1.29, 1.82) is 0 Å². The second-order valence-corrected chi connectivity index (χ2v) is 4.19. The number of aliphatic hydroxyl groups excluding tert-OH is 2. The van der Waals surface area contributed by atoms with Crippen LogP contribution in [0.1, 0.15) is 26.7 Å². The van der Waals surface area contributed by atoms with Gasteiger partial charge in [-0.2, -0.15) is 0 Å². The molecule has 0 amide bonds. The number of hydrogen-bond acceptors (Lipinski definition) is 3. The molecule has 0 radical (unpaired) electrons. The lowest BCUT2D eigenvalue weighted by Crippen LogP contribution is -2.19. The van der Waals surface area contributed by atoms with Crippen LogP contribution >= 0.6 is 0 Å². The lowest BCUT2D eigenvalue weighted by Gasteiger charge is -2.08. The van der Waals surface area contributed by atoms with Crippen LogP contribution in [0.25, 0.3) is 0 Å². The van der Waals surface area contributed by atoms with Gasteiger partial charge in [-0.05, 0) is 25.7 Å². The van der Waals surface area contributed by atoms with Crippen LogP contribution in [0.4, 0.5) is 0 Å². The molecule has 94 valence electrons. The van der Waals surface area contributed by atoms with Gasteiger partial charge in [-0.25, -0.2) is 0 Å². The molecule has 0 aromatic rings. The molecular weight excluding hydrogens is 204 g/mol. The van der Waals surface area contributed by atoms with Gasteiger partial charge in [0.2, 0.25) is 0 Å². The van der Waals surface area contributed by atoms with Gasteiger partial charge in [0.05, 0.1) is 19.8 Å². The summed E-state index contributed by atoms with van der Waals surface area (Å²) in [5.74, 6) is 0.543. The lowest BCUT2D eigenvalue weighted by atomic mass is 10.1. The maximum Gasteiger partial charge on any atom is 0.100 e.